The number of aliphatic imine (C=N–C) groups is 1. The third-order valence-corrected chi connectivity index (χ3v) is 4.67. The monoisotopic (exact) mass is 391 g/mol. The molecule has 0 aromatic carbocycles. The fourth-order valence-corrected chi connectivity index (χ4v) is 3.01. The van der Waals surface area contributed by atoms with Crippen molar-refractivity contribution in [2.75, 3.05) is 13.1 Å². The molecule has 0 aliphatic rings. The maximum absolute atomic E-state index is 12.1. The molecule has 2 rings (SSSR count). The number of hydrogen-bond donors (Lipinski definition) is 3. The molecule has 0 fully saturated rings. The Morgan fingerprint density at radius 2 is 2.07 bits per heavy atom. The molecule has 0 spiro atoms. The van der Waals surface area contributed by atoms with Crippen LogP contribution in [-0.2, 0) is 24.8 Å². The Balaban J connectivity index is 1.95. The molecule has 0 atom stereocenters. The van der Waals surface area contributed by atoms with E-state index >= 15 is 0 Å². The third kappa shape index (κ3) is 7.38. The van der Waals surface area contributed by atoms with Crippen molar-refractivity contribution in [3.05, 3.63) is 34.0 Å². The second-order valence-electron chi connectivity index (χ2n) is 7.30. The molecular weight excluding hydrogens is 362 g/mol. The highest BCUT2D eigenvalue weighted by molar-refractivity contribution is 7.09. The summed E-state index contributed by atoms with van der Waals surface area (Å²) in [5.74, 6) is 2.11. The molecule has 27 heavy (non-hydrogen) atoms. The van der Waals surface area contributed by atoms with E-state index in [-0.39, 0.29) is 18.0 Å². The minimum absolute atomic E-state index is 0.0789. The lowest BCUT2D eigenvalue weighted by Gasteiger charge is -2.21. The molecular formula is C18H29N7OS. The van der Waals surface area contributed by atoms with E-state index in [2.05, 4.69) is 42.6 Å². The van der Waals surface area contributed by atoms with E-state index in [4.69, 9.17) is 0 Å². The van der Waals surface area contributed by atoms with Gasteiger partial charge in [0.05, 0.1) is 6.54 Å². The number of carbonyl (C=O) groups excluding carboxylic acids is 1. The van der Waals surface area contributed by atoms with Crippen molar-refractivity contribution in [1.29, 1.82) is 0 Å². The van der Waals surface area contributed by atoms with Crippen molar-refractivity contribution >= 4 is 23.2 Å². The lowest BCUT2D eigenvalue weighted by atomic mass is 10.1. The maximum atomic E-state index is 12.1. The second-order valence-corrected chi connectivity index (χ2v) is 8.33. The van der Waals surface area contributed by atoms with Gasteiger partial charge in [0.2, 0.25) is 5.91 Å². The van der Waals surface area contributed by atoms with Crippen molar-refractivity contribution < 1.29 is 4.79 Å². The number of rotatable bonds is 7. The molecule has 0 saturated carbocycles. The third-order valence-electron chi connectivity index (χ3n) is 3.74. The molecule has 2 heterocycles. The van der Waals surface area contributed by atoms with Crippen molar-refractivity contribution in [2.24, 2.45) is 12.0 Å². The predicted molar refractivity (Wildman–Crippen MR) is 109 cm³/mol. The number of aromatic nitrogens is 3. The van der Waals surface area contributed by atoms with E-state index in [1.54, 1.807) is 11.3 Å². The molecule has 0 aliphatic carbocycles. The van der Waals surface area contributed by atoms with E-state index in [0.717, 1.165) is 24.6 Å². The van der Waals surface area contributed by atoms with Crippen LogP contribution < -0.4 is 16.0 Å². The summed E-state index contributed by atoms with van der Waals surface area (Å²) >= 11 is 1.73. The van der Waals surface area contributed by atoms with Gasteiger partial charge in [-0.15, -0.1) is 21.5 Å². The molecule has 0 bridgehead atoms. The molecule has 8 nitrogen and oxygen atoms in total. The van der Waals surface area contributed by atoms with E-state index in [0.29, 0.717) is 12.5 Å². The molecule has 0 unspecified atom stereocenters. The van der Waals surface area contributed by atoms with Crippen LogP contribution in [0, 0.1) is 6.92 Å². The zero-order valence-electron chi connectivity index (χ0n) is 16.7. The van der Waals surface area contributed by atoms with Crippen LogP contribution in [0.2, 0.25) is 0 Å². The van der Waals surface area contributed by atoms with Gasteiger partial charge >= 0.3 is 0 Å². The number of hydrogen-bond acceptors (Lipinski definition) is 5. The first-order valence-electron chi connectivity index (χ1n) is 8.95. The lowest BCUT2D eigenvalue weighted by Crippen LogP contribution is -2.48. The average Bonchev–Trinajstić information content (AvgIpc) is 3.20. The summed E-state index contributed by atoms with van der Waals surface area (Å²) in [6, 6.07) is 4.15. The van der Waals surface area contributed by atoms with Crippen LogP contribution >= 0.6 is 11.3 Å². The summed E-state index contributed by atoms with van der Waals surface area (Å²) in [5, 5.41) is 19.5. The first-order valence-corrected chi connectivity index (χ1v) is 9.83. The molecule has 2 aromatic rings. The van der Waals surface area contributed by atoms with Crippen LogP contribution in [-0.4, -0.2) is 45.3 Å². The number of guanidine groups is 1. The zero-order chi connectivity index (χ0) is 19.9. The van der Waals surface area contributed by atoms with Crippen LogP contribution in [0.1, 0.15) is 37.3 Å². The largest absolute Gasteiger partial charge is 0.356 e. The Kier molecular flexibility index (Phi) is 7.35. The minimum Gasteiger partial charge on any atom is -0.356 e. The SMILES string of the molecule is Cc1nnc(CN=C(NCCc2cccs2)NCC(=O)NC(C)(C)C)n1C. The Hall–Kier alpha value is -2.42. The van der Waals surface area contributed by atoms with E-state index in [1.807, 2.05) is 45.4 Å². The molecule has 0 aliphatic heterocycles. The number of nitrogens with one attached hydrogen (secondary N) is 3. The van der Waals surface area contributed by atoms with Gasteiger partial charge in [-0.2, -0.15) is 0 Å². The first kappa shape index (κ1) is 20.9. The van der Waals surface area contributed by atoms with Gasteiger partial charge in [0, 0.05) is 24.0 Å². The summed E-state index contributed by atoms with van der Waals surface area (Å²) in [6.45, 7) is 9.02. The molecule has 1 amide bonds. The molecule has 3 N–H and O–H groups in total. The zero-order valence-corrected chi connectivity index (χ0v) is 17.5. The standard InChI is InChI=1S/C18H29N7OS/c1-13-23-24-15(25(13)5)11-20-17(19-9-8-14-7-6-10-27-14)21-12-16(26)22-18(2,3)4/h6-7,10H,8-9,11-12H2,1-5H3,(H,22,26)(H2,19,20,21). The van der Waals surface area contributed by atoms with Crippen molar-refractivity contribution in [3.63, 3.8) is 0 Å². The van der Waals surface area contributed by atoms with Gasteiger partial charge in [0.25, 0.3) is 0 Å². The Morgan fingerprint density at radius 3 is 2.67 bits per heavy atom. The highest BCUT2D eigenvalue weighted by Crippen LogP contribution is 2.08. The Bertz CT molecular complexity index is 759. The molecule has 0 radical (unpaired) electrons. The molecule has 148 valence electrons. The van der Waals surface area contributed by atoms with Gasteiger partial charge in [-0.3, -0.25) is 4.79 Å². The van der Waals surface area contributed by atoms with Gasteiger partial charge < -0.3 is 20.5 Å². The fourth-order valence-electron chi connectivity index (χ4n) is 2.30. The number of amides is 1. The summed E-state index contributed by atoms with van der Waals surface area (Å²) in [7, 11) is 1.91. The lowest BCUT2D eigenvalue weighted by molar-refractivity contribution is -0.121. The minimum atomic E-state index is -0.265. The van der Waals surface area contributed by atoms with E-state index < -0.39 is 0 Å². The quantitative estimate of drug-likeness (QED) is 0.489. The average molecular weight is 392 g/mol. The number of nitrogens with zero attached hydrogens (tertiary/aromatic N) is 4. The summed E-state index contributed by atoms with van der Waals surface area (Å²) in [6.07, 6.45) is 0.898. The van der Waals surface area contributed by atoms with Crippen molar-refractivity contribution in [1.82, 2.24) is 30.7 Å². The second kappa shape index (κ2) is 9.50. The van der Waals surface area contributed by atoms with Crippen LogP contribution in [0.15, 0.2) is 22.5 Å². The van der Waals surface area contributed by atoms with Crippen LogP contribution in [0.25, 0.3) is 0 Å². The van der Waals surface area contributed by atoms with Crippen LogP contribution in [0.4, 0.5) is 0 Å². The van der Waals surface area contributed by atoms with Gasteiger partial charge in [-0.1, -0.05) is 6.07 Å². The Labute approximate surface area is 164 Å². The first-order chi connectivity index (χ1) is 12.7. The summed E-state index contributed by atoms with van der Waals surface area (Å²) in [5.41, 5.74) is -0.265. The molecule has 9 heteroatoms. The normalized spacial score (nSPS) is 12.1. The summed E-state index contributed by atoms with van der Waals surface area (Å²) < 4.78 is 1.90. The van der Waals surface area contributed by atoms with Gasteiger partial charge in [-0.05, 0) is 45.6 Å². The Morgan fingerprint density at radius 1 is 1.30 bits per heavy atom. The van der Waals surface area contributed by atoms with Crippen LogP contribution in [0.3, 0.4) is 0 Å². The maximum Gasteiger partial charge on any atom is 0.239 e. The van der Waals surface area contributed by atoms with Gasteiger partial charge in [-0.25, -0.2) is 4.99 Å². The summed E-state index contributed by atoms with van der Waals surface area (Å²) in [4.78, 5) is 17.9. The number of thiophene rings is 1. The predicted octanol–water partition coefficient (Wildman–Crippen LogP) is 1.38. The molecule has 0 saturated heterocycles. The number of aryl methyl sites for hydroxylation is 1. The van der Waals surface area contributed by atoms with Crippen molar-refractivity contribution in [3.8, 4) is 0 Å². The van der Waals surface area contributed by atoms with E-state index in [1.165, 1.54) is 4.88 Å². The van der Waals surface area contributed by atoms with Crippen LogP contribution in [0.5, 0.6) is 0 Å². The van der Waals surface area contributed by atoms with E-state index in [9.17, 15) is 4.79 Å². The number of carbonyl (C=O) groups is 1. The van der Waals surface area contributed by atoms with Gasteiger partial charge in [0.15, 0.2) is 11.8 Å². The molecule has 2 aromatic heterocycles. The van der Waals surface area contributed by atoms with Gasteiger partial charge in [0.1, 0.15) is 12.4 Å². The topological polar surface area (TPSA) is 96.2 Å². The highest BCUT2D eigenvalue weighted by Gasteiger charge is 2.14. The highest BCUT2D eigenvalue weighted by atomic mass is 32.1. The smallest absolute Gasteiger partial charge is 0.239 e. The van der Waals surface area contributed by atoms with Crippen molar-refractivity contribution in [2.45, 2.75) is 46.2 Å². The fraction of sp³-hybridized carbons (Fsp3) is 0.556.